The number of nitrogens with zero attached hydrogens (tertiary/aromatic N) is 2. The first kappa shape index (κ1) is 23.1. The summed E-state index contributed by atoms with van der Waals surface area (Å²) in [5.74, 6) is 0.990. The number of nitrogens with one attached hydrogen (secondary N) is 3. The molecule has 0 aliphatic carbocycles. The van der Waals surface area contributed by atoms with E-state index >= 15 is 0 Å². The molecule has 1 aliphatic heterocycles. The number of rotatable bonds is 7. The van der Waals surface area contributed by atoms with Gasteiger partial charge in [-0.15, -0.1) is 11.3 Å². The first-order chi connectivity index (χ1) is 13.6. The highest BCUT2D eigenvalue weighted by molar-refractivity contribution is 7.10. The Morgan fingerprint density at radius 2 is 2.10 bits per heavy atom. The molecule has 1 amide bonds. The SMILES string of the molecule is C=C1CC(N(C(C)=N)C(=N)C(C)C)CC(C)N1CCC(NC(C)=O)c1cccs1. The van der Waals surface area contributed by atoms with E-state index in [1.165, 1.54) is 4.88 Å². The lowest BCUT2D eigenvalue weighted by atomic mass is 9.93. The Balaban J connectivity index is 2.06. The van der Waals surface area contributed by atoms with Crippen molar-refractivity contribution in [3.63, 3.8) is 0 Å². The largest absolute Gasteiger partial charge is 0.372 e. The Labute approximate surface area is 179 Å². The first-order valence-corrected chi connectivity index (χ1v) is 11.2. The first-order valence-electron chi connectivity index (χ1n) is 10.3. The molecule has 1 aliphatic rings. The van der Waals surface area contributed by atoms with Crippen molar-refractivity contribution in [2.75, 3.05) is 6.54 Å². The third-order valence-electron chi connectivity index (χ3n) is 5.48. The predicted octanol–water partition coefficient (Wildman–Crippen LogP) is 4.61. The van der Waals surface area contributed by atoms with E-state index in [-0.39, 0.29) is 30.0 Å². The predicted molar refractivity (Wildman–Crippen MR) is 122 cm³/mol. The Kier molecular flexibility index (Phi) is 8.02. The maximum atomic E-state index is 11.6. The average molecular weight is 418 g/mol. The molecule has 0 saturated carbocycles. The molecule has 1 saturated heterocycles. The van der Waals surface area contributed by atoms with Gasteiger partial charge in [0, 0.05) is 48.5 Å². The van der Waals surface area contributed by atoms with Crippen LogP contribution in [0.4, 0.5) is 0 Å². The summed E-state index contributed by atoms with van der Waals surface area (Å²) in [5.41, 5.74) is 1.05. The van der Waals surface area contributed by atoms with E-state index < -0.39 is 0 Å². The molecule has 3 N–H and O–H groups in total. The lowest BCUT2D eigenvalue weighted by Gasteiger charge is -2.45. The van der Waals surface area contributed by atoms with Gasteiger partial charge in [-0.2, -0.15) is 0 Å². The summed E-state index contributed by atoms with van der Waals surface area (Å²) in [5, 5.41) is 21.7. The molecule has 0 bridgehead atoms. The second kappa shape index (κ2) is 10.1. The molecular weight excluding hydrogens is 382 g/mol. The molecule has 7 heteroatoms. The Morgan fingerprint density at radius 3 is 2.59 bits per heavy atom. The summed E-state index contributed by atoms with van der Waals surface area (Å²) in [6.07, 6.45) is 2.46. The van der Waals surface area contributed by atoms with Crippen LogP contribution in [0.1, 0.15) is 64.8 Å². The van der Waals surface area contributed by atoms with Gasteiger partial charge in [-0.3, -0.25) is 15.6 Å². The summed E-state index contributed by atoms with van der Waals surface area (Å²) in [7, 11) is 0. The number of hydrogen-bond donors (Lipinski definition) is 3. The van der Waals surface area contributed by atoms with Gasteiger partial charge >= 0.3 is 0 Å². The van der Waals surface area contributed by atoms with Gasteiger partial charge in [0.25, 0.3) is 0 Å². The third kappa shape index (κ3) is 5.92. The quantitative estimate of drug-likeness (QED) is 0.447. The van der Waals surface area contributed by atoms with Crippen molar-refractivity contribution in [1.29, 1.82) is 10.8 Å². The molecule has 1 aromatic rings. The molecule has 1 fully saturated rings. The fraction of sp³-hybridized carbons (Fsp3) is 0.591. The van der Waals surface area contributed by atoms with Gasteiger partial charge in [-0.1, -0.05) is 26.5 Å². The molecule has 0 radical (unpaired) electrons. The molecule has 3 atom stereocenters. The Hall–Kier alpha value is -2.15. The van der Waals surface area contributed by atoms with E-state index in [0.717, 1.165) is 31.5 Å². The van der Waals surface area contributed by atoms with Gasteiger partial charge in [0.1, 0.15) is 5.84 Å². The zero-order valence-electron chi connectivity index (χ0n) is 18.3. The zero-order valence-corrected chi connectivity index (χ0v) is 19.1. The topological polar surface area (TPSA) is 83.3 Å². The number of amidine groups is 2. The summed E-state index contributed by atoms with van der Waals surface area (Å²) in [4.78, 5) is 17.0. The fourth-order valence-electron chi connectivity index (χ4n) is 4.10. The van der Waals surface area contributed by atoms with Crippen molar-refractivity contribution < 1.29 is 4.79 Å². The van der Waals surface area contributed by atoms with Crippen LogP contribution >= 0.6 is 11.3 Å². The highest BCUT2D eigenvalue weighted by Gasteiger charge is 2.34. The van der Waals surface area contributed by atoms with Crippen LogP contribution < -0.4 is 5.32 Å². The molecule has 1 aromatic heterocycles. The smallest absolute Gasteiger partial charge is 0.217 e. The number of carbonyl (C=O) groups excluding carboxylic acids is 1. The van der Waals surface area contributed by atoms with Crippen molar-refractivity contribution in [1.82, 2.24) is 15.1 Å². The van der Waals surface area contributed by atoms with Gasteiger partial charge in [0.05, 0.1) is 11.9 Å². The van der Waals surface area contributed by atoms with Crippen LogP contribution in [0.3, 0.4) is 0 Å². The van der Waals surface area contributed by atoms with Gasteiger partial charge in [-0.25, -0.2) is 0 Å². The number of likely N-dealkylation sites (tertiary alicyclic amines) is 1. The third-order valence-corrected chi connectivity index (χ3v) is 6.46. The number of carbonyl (C=O) groups is 1. The maximum absolute atomic E-state index is 11.6. The van der Waals surface area contributed by atoms with Crippen LogP contribution in [0.5, 0.6) is 0 Å². The lowest BCUT2D eigenvalue weighted by Crippen LogP contribution is -2.52. The summed E-state index contributed by atoms with van der Waals surface area (Å²) in [6.45, 7) is 14.6. The van der Waals surface area contributed by atoms with Crippen LogP contribution in [0.25, 0.3) is 0 Å². The van der Waals surface area contributed by atoms with Crippen molar-refractivity contribution in [2.24, 2.45) is 5.92 Å². The van der Waals surface area contributed by atoms with Crippen LogP contribution in [0, 0.1) is 16.7 Å². The number of amides is 1. The molecule has 3 unspecified atom stereocenters. The van der Waals surface area contributed by atoms with Crippen molar-refractivity contribution in [3.8, 4) is 0 Å². The monoisotopic (exact) mass is 417 g/mol. The highest BCUT2D eigenvalue weighted by atomic mass is 32.1. The van der Waals surface area contributed by atoms with E-state index in [0.29, 0.717) is 11.7 Å². The Morgan fingerprint density at radius 1 is 1.41 bits per heavy atom. The molecule has 160 valence electrons. The van der Waals surface area contributed by atoms with Gasteiger partial charge in [0.15, 0.2) is 0 Å². The standard InChI is InChI=1S/C22H35N5OS/c1-14(2)22(24)27(17(5)23)19-12-15(3)26(16(4)13-19)10-9-20(25-18(6)28)21-8-7-11-29-21/h7-8,11,14,16,19-20,23-24H,3,9-10,12-13H2,1-2,4-6H3,(H,25,28). The molecule has 0 spiro atoms. The fourth-order valence-corrected chi connectivity index (χ4v) is 4.91. The number of hydrogen-bond acceptors (Lipinski definition) is 5. The molecule has 0 aromatic carbocycles. The molecular formula is C22H35N5OS. The minimum Gasteiger partial charge on any atom is -0.372 e. The minimum absolute atomic E-state index is 0.0136. The van der Waals surface area contributed by atoms with Crippen LogP contribution in [-0.4, -0.2) is 46.0 Å². The Bertz CT molecular complexity index is 742. The summed E-state index contributed by atoms with van der Waals surface area (Å²) < 4.78 is 0. The van der Waals surface area contributed by atoms with Crippen molar-refractivity contribution >= 4 is 28.9 Å². The maximum Gasteiger partial charge on any atom is 0.217 e. The van der Waals surface area contributed by atoms with E-state index in [9.17, 15) is 4.79 Å². The molecule has 2 rings (SSSR count). The van der Waals surface area contributed by atoms with E-state index in [1.807, 2.05) is 30.2 Å². The molecule has 29 heavy (non-hydrogen) atoms. The normalized spacial score (nSPS) is 20.5. The van der Waals surface area contributed by atoms with Gasteiger partial charge in [-0.05, 0) is 38.1 Å². The number of thiophene rings is 1. The second-order valence-electron chi connectivity index (χ2n) is 8.25. The van der Waals surface area contributed by atoms with Crippen LogP contribution in [-0.2, 0) is 4.79 Å². The van der Waals surface area contributed by atoms with E-state index in [2.05, 4.69) is 29.8 Å². The number of piperidine rings is 1. The van der Waals surface area contributed by atoms with Crippen LogP contribution in [0.2, 0.25) is 0 Å². The lowest BCUT2D eigenvalue weighted by molar-refractivity contribution is -0.119. The average Bonchev–Trinajstić information content (AvgIpc) is 3.13. The molecule has 6 nitrogen and oxygen atoms in total. The van der Waals surface area contributed by atoms with E-state index in [4.69, 9.17) is 10.8 Å². The minimum atomic E-state index is -0.0155. The highest BCUT2D eigenvalue weighted by Crippen LogP contribution is 2.31. The zero-order chi connectivity index (χ0) is 21.7. The summed E-state index contributed by atoms with van der Waals surface area (Å²) >= 11 is 1.67. The van der Waals surface area contributed by atoms with E-state index in [1.54, 1.807) is 25.2 Å². The van der Waals surface area contributed by atoms with Gasteiger partial charge in [0.2, 0.25) is 5.91 Å². The molecule has 2 heterocycles. The van der Waals surface area contributed by atoms with Crippen LogP contribution in [0.15, 0.2) is 29.8 Å². The van der Waals surface area contributed by atoms with Crippen molar-refractivity contribution in [3.05, 3.63) is 34.7 Å². The summed E-state index contributed by atoms with van der Waals surface area (Å²) in [6, 6.07) is 4.46. The second-order valence-corrected chi connectivity index (χ2v) is 9.23. The van der Waals surface area contributed by atoms with Gasteiger partial charge < -0.3 is 15.1 Å². The van der Waals surface area contributed by atoms with Crippen molar-refractivity contribution in [2.45, 2.75) is 72.0 Å².